The molecule has 0 heterocycles. The van der Waals surface area contributed by atoms with Gasteiger partial charge in [0.1, 0.15) is 5.78 Å². The maximum absolute atomic E-state index is 11.1. The lowest BCUT2D eigenvalue weighted by molar-refractivity contribution is -0.121. The molecule has 1 aliphatic carbocycles. The summed E-state index contributed by atoms with van der Waals surface area (Å²) in [6, 6.07) is 0. The first-order chi connectivity index (χ1) is 6.06. The molecular weight excluding hydrogens is 160 g/mol. The molecule has 0 N–H and O–H groups in total. The fourth-order valence-electron chi connectivity index (χ4n) is 2.57. The van der Waals surface area contributed by atoms with E-state index in [1.165, 1.54) is 12.8 Å². The van der Waals surface area contributed by atoms with Crippen LogP contribution in [0.1, 0.15) is 59.3 Å². The predicted molar refractivity (Wildman–Crippen MR) is 55.7 cm³/mol. The molecule has 0 aromatic carbocycles. The van der Waals surface area contributed by atoms with Gasteiger partial charge in [0.15, 0.2) is 0 Å². The van der Waals surface area contributed by atoms with Crippen molar-refractivity contribution in [3.8, 4) is 0 Å². The van der Waals surface area contributed by atoms with E-state index >= 15 is 0 Å². The first-order valence-corrected chi connectivity index (χ1v) is 5.58. The fourth-order valence-corrected chi connectivity index (χ4v) is 2.57. The molecule has 0 amide bonds. The summed E-state index contributed by atoms with van der Waals surface area (Å²) in [5.41, 5.74) is 0.454. The zero-order valence-electron chi connectivity index (χ0n) is 9.23. The summed E-state index contributed by atoms with van der Waals surface area (Å²) in [7, 11) is 0. The molecule has 0 aromatic rings. The van der Waals surface area contributed by atoms with Crippen LogP contribution in [0.2, 0.25) is 0 Å². The second kappa shape index (κ2) is 4.26. The number of hydrogen-bond acceptors (Lipinski definition) is 1. The number of carbonyl (C=O) groups excluding carboxylic acids is 1. The molecule has 76 valence electrons. The quantitative estimate of drug-likeness (QED) is 0.652. The maximum atomic E-state index is 11.1. The average Bonchev–Trinajstić information content (AvgIpc) is 2.05. The van der Waals surface area contributed by atoms with Crippen LogP contribution in [0.25, 0.3) is 0 Å². The molecule has 1 heteroatoms. The smallest absolute Gasteiger partial charge is 0.132 e. The van der Waals surface area contributed by atoms with Gasteiger partial charge < -0.3 is 0 Å². The Balaban J connectivity index is 2.47. The highest BCUT2D eigenvalue weighted by atomic mass is 16.1. The summed E-state index contributed by atoms with van der Waals surface area (Å²) in [5.74, 6) is 1.26. The van der Waals surface area contributed by atoms with Gasteiger partial charge in [-0.2, -0.15) is 0 Å². The first-order valence-electron chi connectivity index (χ1n) is 5.58. The SMILES string of the molecule is CCCC(C)(C)C1CCC(=O)CC1. The van der Waals surface area contributed by atoms with Gasteiger partial charge >= 0.3 is 0 Å². The third kappa shape index (κ3) is 2.82. The van der Waals surface area contributed by atoms with Crippen LogP contribution in [0, 0.1) is 11.3 Å². The minimum atomic E-state index is 0.454. The van der Waals surface area contributed by atoms with Crippen molar-refractivity contribution in [3.63, 3.8) is 0 Å². The molecule has 0 radical (unpaired) electrons. The van der Waals surface area contributed by atoms with Gasteiger partial charge in [0.05, 0.1) is 0 Å². The first kappa shape index (κ1) is 10.7. The second-order valence-electron chi connectivity index (χ2n) is 5.05. The molecule has 1 nitrogen and oxygen atoms in total. The number of hydrogen-bond donors (Lipinski definition) is 0. The lowest BCUT2D eigenvalue weighted by Crippen LogP contribution is -2.28. The second-order valence-corrected chi connectivity index (χ2v) is 5.05. The van der Waals surface area contributed by atoms with Gasteiger partial charge in [-0.15, -0.1) is 0 Å². The van der Waals surface area contributed by atoms with Crippen LogP contribution >= 0.6 is 0 Å². The molecule has 0 bridgehead atoms. The van der Waals surface area contributed by atoms with E-state index < -0.39 is 0 Å². The van der Waals surface area contributed by atoms with E-state index in [1.54, 1.807) is 0 Å². The highest BCUT2D eigenvalue weighted by Crippen LogP contribution is 2.40. The van der Waals surface area contributed by atoms with E-state index in [9.17, 15) is 4.79 Å². The molecule has 1 rings (SSSR count). The van der Waals surface area contributed by atoms with Crippen molar-refractivity contribution in [2.75, 3.05) is 0 Å². The van der Waals surface area contributed by atoms with E-state index in [0.29, 0.717) is 11.2 Å². The van der Waals surface area contributed by atoms with Gasteiger partial charge in [-0.3, -0.25) is 4.79 Å². The number of Topliss-reactive ketones (excluding diaryl/α,β-unsaturated/α-hetero) is 1. The van der Waals surface area contributed by atoms with E-state index in [1.807, 2.05) is 0 Å². The average molecular weight is 182 g/mol. The molecular formula is C12H22O. The minimum Gasteiger partial charge on any atom is -0.300 e. The fraction of sp³-hybridized carbons (Fsp3) is 0.917. The van der Waals surface area contributed by atoms with Crippen molar-refractivity contribution in [1.29, 1.82) is 0 Å². The summed E-state index contributed by atoms with van der Waals surface area (Å²) in [6.45, 7) is 6.96. The Bertz CT molecular complexity index is 172. The van der Waals surface area contributed by atoms with Crippen molar-refractivity contribution >= 4 is 5.78 Å². The van der Waals surface area contributed by atoms with Crippen molar-refractivity contribution in [2.24, 2.45) is 11.3 Å². The third-order valence-electron chi connectivity index (χ3n) is 3.54. The van der Waals surface area contributed by atoms with Crippen LogP contribution < -0.4 is 0 Å². The standard InChI is InChI=1S/C12H22O/c1-4-9-12(2,3)10-5-7-11(13)8-6-10/h10H,4-9H2,1-3H3. The van der Waals surface area contributed by atoms with Gasteiger partial charge in [0, 0.05) is 12.8 Å². The topological polar surface area (TPSA) is 17.1 Å². The number of ketones is 1. The van der Waals surface area contributed by atoms with Crippen LogP contribution in [-0.2, 0) is 4.79 Å². The molecule has 13 heavy (non-hydrogen) atoms. The van der Waals surface area contributed by atoms with Crippen molar-refractivity contribution in [1.82, 2.24) is 0 Å². The number of rotatable bonds is 3. The lowest BCUT2D eigenvalue weighted by Gasteiger charge is -2.36. The Hall–Kier alpha value is -0.330. The third-order valence-corrected chi connectivity index (χ3v) is 3.54. The van der Waals surface area contributed by atoms with Gasteiger partial charge in [0.25, 0.3) is 0 Å². The van der Waals surface area contributed by atoms with Crippen molar-refractivity contribution < 1.29 is 4.79 Å². The molecule has 1 fully saturated rings. The molecule has 0 aliphatic heterocycles. The zero-order valence-corrected chi connectivity index (χ0v) is 9.23. The van der Waals surface area contributed by atoms with Gasteiger partial charge in [-0.1, -0.05) is 27.2 Å². The molecule has 0 saturated heterocycles. The largest absolute Gasteiger partial charge is 0.300 e. The van der Waals surface area contributed by atoms with Crippen molar-refractivity contribution in [3.05, 3.63) is 0 Å². The molecule has 1 saturated carbocycles. The van der Waals surface area contributed by atoms with Crippen LogP contribution in [0.3, 0.4) is 0 Å². The van der Waals surface area contributed by atoms with Crippen LogP contribution in [0.15, 0.2) is 0 Å². The minimum absolute atomic E-state index is 0.454. The Morgan fingerprint density at radius 3 is 2.31 bits per heavy atom. The van der Waals surface area contributed by atoms with E-state index in [2.05, 4.69) is 20.8 Å². The summed E-state index contributed by atoms with van der Waals surface area (Å²) in [4.78, 5) is 11.1. The van der Waals surface area contributed by atoms with Crippen LogP contribution in [0.4, 0.5) is 0 Å². The summed E-state index contributed by atoms with van der Waals surface area (Å²) >= 11 is 0. The molecule has 0 aromatic heterocycles. The zero-order chi connectivity index (χ0) is 9.90. The predicted octanol–water partition coefficient (Wildman–Crippen LogP) is 3.57. The lowest BCUT2D eigenvalue weighted by atomic mass is 9.69. The highest BCUT2D eigenvalue weighted by molar-refractivity contribution is 5.79. The Morgan fingerprint density at radius 1 is 1.31 bits per heavy atom. The summed E-state index contributed by atoms with van der Waals surface area (Å²) < 4.78 is 0. The highest BCUT2D eigenvalue weighted by Gasteiger charge is 2.31. The Kier molecular flexibility index (Phi) is 3.52. The van der Waals surface area contributed by atoms with Crippen LogP contribution in [-0.4, -0.2) is 5.78 Å². The van der Waals surface area contributed by atoms with Gasteiger partial charge in [-0.05, 0) is 30.6 Å². The van der Waals surface area contributed by atoms with Gasteiger partial charge in [0.2, 0.25) is 0 Å². The molecule has 0 atom stereocenters. The molecule has 1 aliphatic rings. The summed E-state index contributed by atoms with van der Waals surface area (Å²) in [6.07, 6.45) is 6.48. The Morgan fingerprint density at radius 2 is 1.85 bits per heavy atom. The van der Waals surface area contributed by atoms with Gasteiger partial charge in [-0.25, -0.2) is 0 Å². The maximum Gasteiger partial charge on any atom is 0.132 e. The Labute approximate surface area is 81.9 Å². The van der Waals surface area contributed by atoms with E-state index in [4.69, 9.17) is 0 Å². The monoisotopic (exact) mass is 182 g/mol. The number of carbonyl (C=O) groups is 1. The normalized spacial score (nSPS) is 20.7. The van der Waals surface area contributed by atoms with E-state index in [-0.39, 0.29) is 0 Å². The molecule has 0 spiro atoms. The molecule has 0 unspecified atom stereocenters. The van der Waals surface area contributed by atoms with Crippen molar-refractivity contribution in [2.45, 2.75) is 59.3 Å². The summed E-state index contributed by atoms with van der Waals surface area (Å²) in [5, 5.41) is 0. The van der Waals surface area contributed by atoms with Crippen LogP contribution in [0.5, 0.6) is 0 Å². The van der Waals surface area contributed by atoms with E-state index in [0.717, 1.165) is 31.6 Å².